The van der Waals surface area contributed by atoms with E-state index in [9.17, 15) is 0 Å². The molecule has 0 bridgehead atoms. The smallest absolute Gasteiger partial charge is 0.280 e. The predicted molar refractivity (Wildman–Crippen MR) is 28.8 cm³/mol. The Morgan fingerprint density at radius 2 is 1.00 bits per heavy atom. The molecule has 50 valence electrons. The molecule has 0 saturated carbocycles. The van der Waals surface area contributed by atoms with Gasteiger partial charge in [-0.3, -0.25) is 0 Å². The quantitative estimate of drug-likeness (QED) is 0.383. The first-order chi connectivity index (χ1) is 3.25. The molecule has 0 aromatic rings. The van der Waals surface area contributed by atoms with Crippen LogP contribution in [0.3, 0.4) is 0 Å². The maximum absolute atomic E-state index is 8.47. The summed E-state index contributed by atoms with van der Waals surface area (Å²) in [6, 6.07) is 0. The van der Waals surface area contributed by atoms with Crippen LogP contribution < -0.4 is 0 Å². The summed E-state index contributed by atoms with van der Waals surface area (Å²) in [5, 5.41) is 25.4. The number of hydrogen-bond donors (Lipinski definition) is 3. The van der Waals surface area contributed by atoms with Gasteiger partial charge in [-0.05, 0) is 0 Å². The van der Waals surface area contributed by atoms with Crippen molar-refractivity contribution in [3.05, 3.63) is 0 Å². The van der Waals surface area contributed by atoms with E-state index < -0.39 is 11.4 Å². The fourth-order valence-corrected chi connectivity index (χ4v) is 0. The van der Waals surface area contributed by atoms with Gasteiger partial charge in [0, 0.05) is 5.41 Å². The molecule has 8 heavy (non-hydrogen) atoms. The monoisotopic (exact) mass is 120 g/mol. The summed E-state index contributed by atoms with van der Waals surface area (Å²) in [7, 11) is 0. The van der Waals surface area contributed by atoms with Crippen LogP contribution in [-0.4, -0.2) is 21.3 Å². The maximum atomic E-state index is 8.47. The minimum absolute atomic E-state index is 0.896. The maximum Gasteiger partial charge on any atom is 0.280 e. The number of aliphatic hydroxyl groups is 3. The molecule has 0 unspecified atom stereocenters. The van der Waals surface area contributed by atoms with Gasteiger partial charge in [-0.2, -0.15) is 0 Å². The molecule has 3 nitrogen and oxygen atoms in total. The van der Waals surface area contributed by atoms with Gasteiger partial charge in [0.25, 0.3) is 5.97 Å². The summed E-state index contributed by atoms with van der Waals surface area (Å²) < 4.78 is 0. The predicted octanol–water partition coefficient (Wildman–Crippen LogP) is -0.337. The number of rotatable bonds is 0. The van der Waals surface area contributed by atoms with Crippen LogP contribution in [0.25, 0.3) is 0 Å². The second-order valence-corrected chi connectivity index (χ2v) is 2.89. The van der Waals surface area contributed by atoms with Crippen molar-refractivity contribution >= 4 is 0 Å². The van der Waals surface area contributed by atoms with Crippen LogP contribution in [0.15, 0.2) is 0 Å². The van der Waals surface area contributed by atoms with Crippen LogP contribution in [0, 0.1) is 5.41 Å². The fraction of sp³-hybridized carbons (Fsp3) is 1.00. The number of hydrogen-bond acceptors (Lipinski definition) is 3. The first kappa shape index (κ1) is 7.88. The lowest BCUT2D eigenvalue weighted by Gasteiger charge is -2.28. The highest BCUT2D eigenvalue weighted by Gasteiger charge is 2.35. The normalized spacial score (nSPS) is 14.2. The molecule has 0 saturated heterocycles. The van der Waals surface area contributed by atoms with Gasteiger partial charge in [-0.25, -0.2) is 0 Å². The van der Waals surface area contributed by atoms with Crippen molar-refractivity contribution in [3.8, 4) is 0 Å². The summed E-state index contributed by atoms with van der Waals surface area (Å²) >= 11 is 0. The van der Waals surface area contributed by atoms with Crippen molar-refractivity contribution in [1.82, 2.24) is 0 Å². The zero-order chi connectivity index (χ0) is 7.00. The van der Waals surface area contributed by atoms with Crippen molar-refractivity contribution in [2.45, 2.75) is 26.7 Å². The lowest BCUT2D eigenvalue weighted by atomic mass is 9.94. The second-order valence-electron chi connectivity index (χ2n) is 2.89. The molecule has 3 heteroatoms. The van der Waals surface area contributed by atoms with E-state index in [0.29, 0.717) is 0 Å². The highest BCUT2D eigenvalue weighted by Crippen LogP contribution is 2.24. The average molecular weight is 120 g/mol. The molecule has 0 spiro atoms. The van der Waals surface area contributed by atoms with Gasteiger partial charge in [-0.1, -0.05) is 20.8 Å². The van der Waals surface area contributed by atoms with Gasteiger partial charge in [0.1, 0.15) is 0 Å². The molecular formula is C5H12O3. The van der Waals surface area contributed by atoms with E-state index in [1.807, 2.05) is 0 Å². The SMILES string of the molecule is CC(C)(C)C(O)(O)O. The molecule has 0 heterocycles. The zero-order valence-corrected chi connectivity index (χ0v) is 5.34. The summed E-state index contributed by atoms with van der Waals surface area (Å²) in [5.74, 6) is -2.56. The third-order valence-electron chi connectivity index (χ3n) is 1.01. The Morgan fingerprint density at radius 1 is 0.875 bits per heavy atom. The third-order valence-corrected chi connectivity index (χ3v) is 1.01. The molecule has 0 radical (unpaired) electrons. The van der Waals surface area contributed by atoms with E-state index in [1.54, 1.807) is 0 Å². The molecule has 0 atom stereocenters. The van der Waals surface area contributed by atoms with Crippen molar-refractivity contribution in [3.63, 3.8) is 0 Å². The molecule has 0 rings (SSSR count). The molecular weight excluding hydrogens is 108 g/mol. The lowest BCUT2D eigenvalue weighted by Crippen LogP contribution is -2.42. The third kappa shape index (κ3) is 1.78. The van der Waals surface area contributed by atoms with E-state index in [0.717, 1.165) is 0 Å². The standard InChI is InChI=1S/C5H12O3/c1-4(2,3)5(6,7)8/h6-8H,1-3H3. The Kier molecular flexibility index (Phi) is 1.66. The van der Waals surface area contributed by atoms with Gasteiger partial charge in [0.15, 0.2) is 0 Å². The van der Waals surface area contributed by atoms with Crippen LogP contribution in [0.5, 0.6) is 0 Å². The first-order valence-electron chi connectivity index (χ1n) is 2.42. The van der Waals surface area contributed by atoms with Crippen molar-refractivity contribution in [2.75, 3.05) is 0 Å². The van der Waals surface area contributed by atoms with E-state index in [4.69, 9.17) is 15.3 Å². The molecule has 0 aliphatic rings. The second kappa shape index (κ2) is 1.69. The topological polar surface area (TPSA) is 60.7 Å². The van der Waals surface area contributed by atoms with Gasteiger partial charge in [-0.15, -0.1) is 0 Å². The highest BCUT2D eigenvalue weighted by molar-refractivity contribution is 4.68. The van der Waals surface area contributed by atoms with Crippen LogP contribution in [-0.2, 0) is 0 Å². The van der Waals surface area contributed by atoms with Crippen molar-refractivity contribution < 1.29 is 15.3 Å². The molecule has 0 fully saturated rings. The van der Waals surface area contributed by atoms with Crippen molar-refractivity contribution in [1.29, 1.82) is 0 Å². The van der Waals surface area contributed by atoms with E-state index in [2.05, 4.69) is 0 Å². The summed E-state index contributed by atoms with van der Waals surface area (Å²) in [6.45, 7) is 4.56. The minimum Gasteiger partial charge on any atom is -0.343 e. The van der Waals surface area contributed by atoms with Gasteiger partial charge in [0.2, 0.25) is 0 Å². The van der Waals surface area contributed by atoms with Gasteiger partial charge < -0.3 is 15.3 Å². The Bertz CT molecular complexity index is 62.7. The molecule has 0 aromatic heterocycles. The van der Waals surface area contributed by atoms with Crippen LogP contribution in [0.2, 0.25) is 0 Å². The Morgan fingerprint density at radius 3 is 1.00 bits per heavy atom. The first-order valence-corrected chi connectivity index (χ1v) is 2.42. The minimum atomic E-state index is -2.56. The average Bonchev–Trinajstić information content (AvgIpc) is 1.25. The Labute approximate surface area is 48.6 Å². The van der Waals surface area contributed by atoms with E-state index in [1.165, 1.54) is 20.8 Å². The van der Waals surface area contributed by atoms with Gasteiger partial charge in [0.05, 0.1) is 0 Å². The molecule has 0 aliphatic heterocycles. The summed E-state index contributed by atoms with van der Waals surface area (Å²) in [4.78, 5) is 0. The lowest BCUT2D eigenvalue weighted by molar-refractivity contribution is -0.363. The van der Waals surface area contributed by atoms with Crippen molar-refractivity contribution in [2.24, 2.45) is 5.41 Å². The van der Waals surface area contributed by atoms with E-state index in [-0.39, 0.29) is 0 Å². The van der Waals surface area contributed by atoms with E-state index >= 15 is 0 Å². The van der Waals surface area contributed by atoms with Gasteiger partial charge >= 0.3 is 0 Å². The Balaban J connectivity index is 4.02. The van der Waals surface area contributed by atoms with Crippen LogP contribution in [0.1, 0.15) is 20.8 Å². The molecule has 0 aromatic carbocycles. The van der Waals surface area contributed by atoms with Crippen LogP contribution >= 0.6 is 0 Å². The highest BCUT2D eigenvalue weighted by atomic mass is 16.7. The summed E-state index contributed by atoms with van der Waals surface area (Å²) in [5.41, 5.74) is -0.896. The molecule has 3 N–H and O–H groups in total. The molecule has 0 amide bonds. The largest absolute Gasteiger partial charge is 0.343 e. The Hall–Kier alpha value is -0.120. The zero-order valence-electron chi connectivity index (χ0n) is 5.34. The molecule has 0 aliphatic carbocycles. The summed E-state index contributed by atoms with van der Waals surface area (Å²) in [6.07, 6.45) is 0. The van der Waals surface area contributed by atoms with Crippen LogP contribution in [0.4, 0.5) is 0 Å². The fourth-order valence-electron chi connectivity index (χ4n) is 0.